The first-order valence-corrected chi connectivity index (χ1v) is 10.0. The second-order valence-electron chi connectivity index (χ2n) is 6.35. The highest BCUT2D eigenvalue weighted by molar-refractivity contribution is 8.15. The Morgan fingerprint density at radius 2 is 2.07 bits per heavy atom. The van der Waals surface area contributed by atoms with E-state index in [0.717, 1.165) is 11.8 Å². The quantitative estimate of drug-likeness (QED) is 0.724. The highest BCUT2D eigenvalue weighted by Gasteiger charge is 2.34. The maximum atomic E-state index is 12.7. The summed E-state index contributed by atoms with van der Waals surface area (Å²) in [4.78, 5) is 42.0. The number of carbonyl (C=O) groups is 3. The van der Waals surface area contributed by atoms with E-state index < -0.39 is 17.1 Å². The molecule has 0 aromatic heterocycles. The number of thioether (sulfide) groups is 1. The molecule has 3 rings (SSSR count). The van der Waals surface area contributed by atoms with Gasteiger partial charge in [-0.25, -0.2) is 9.79 Å². The predicted molar refractivity (Wildman–Crippen MR) is 116 cm³/mol. The van der Waals surface area contributed by atoms with Gasteiger partial charge < -0.3 is 15.2 Å². The summed E-state index contributed by atoms with van der Waals surface area (Å²) in [7, 11) is 3.09. The minimum Gasteiger partial charge on any atom is -0.495 e. The molecule has 0 spiro atoms. The topological polar surface area (TPSA) is 108 Å². The van der Waals surface area contributed by atoms with Gasteiger partial charge in [0.1, 0.15) is 11.0 Å². The van der Waals surface area contributed by atoms with E-state index >= 15 is 0 Å². The van der Waals surface area contributed by atoms with Gasteiger partial charge in [0.25, 0.3) is 0 Å². The summed E-state index contributed by atoms with van der Waals surface area (Å²) >= 11 is 7.27. The molecule has 8 nitrogen and oxygen atoms in total. The van der Waals surface area contributed by atoms with Crippen molar-refractivity contribution in [2.75, 3.05) is 19.5 Å². The van der Waals surface area contributed by atoms with Crippen molar-refractivity contribution in [3.8, 4) is 5.75 Å². The third kappa shape index (κ3) is 4.92. The van der Waals surface area contributed by atoms with Crippen molar-refractivity contribution in [1.29, 1.82) is 0 Å². The Balaban J connectivity index is 1.79. The van der Waals surface area contributed by atoms with Gasteiger partial charge in [0.2, 0.25) is 11.8 Å². The van der Waals surface area contributed by atoms with Crippen LogP contribution in [0.25, 0.3) is 0 Å². The monoisotopic (exact) mass is 447 g/mol. The molecule has 1 unspecified atom stereocenters. The maximum absolute atomic E-state index is 12.7. The van der Waals surface area contributed by atoms with Crippen LogP contribution in [0.15, 0.2) is 47.5 Å². The van der Waals surface area contributed by atoms with Gasteiger partial charge in [0.15, 0.2) is 5.17 Å². The number of amidine groups is 1. The minimum atomic E-state index is -1.09. The molecule has 1 fully saturated rings. The molecule has 2 N–H and O–H groups in total. The van der Waals surface area contributed by atoms with Crippen molar-refractivity contribution >= 4 is 57.7 Å². The SMILES string of the molecule is COc1ccc(N=C2SC(C(=O)Nc3cccc(C(=O)O)c3)CC(=O)N2C)cc1Cl. The van der Waals surface area contributed by atoms with Crippen LogP contribution in [0, 0.1) is 0 Å². The van der Waals surface area contributed by atoms with Crippen LogP contribution in [0.3, 0.4) is 0 Å². The fraction of sp³-hybridized carbons (Fsp3) is 0.200. The number of methoxy groups -OCH3 is 1. The normalized spacial score (nSPS) is 17.7. The molecule has 2 amide bonds. The van der Waals surface area contributed by atoms with E-state index in [2.05, 4.69) is 10.3 Å². The van der Waals surface area contributed by atoms with E-state index in [9.17, 15) is 14.4 Å². The molecule has 30 heavy (non-hydrogen) atoms. The van der Waals surface area contributed by atoms with Gasteiger partial charge >= 0.3 is 5.97 Å². The van der Waals surface area contributed by atoms with Gasteiger partial charge in [-0.3, -0.25) is 14.5 Å². The fourth-order valence-electron chi connectivity index (χ4n) is 2.69. The number of halogens is 1. The van der Waals surface area contributed by atoms with E-state index in [4.69, 9.17) is 21.4 Å². The average molecular weight is 448 g/mol. The number of nitrogens with zero attached hydrogens (tertiary/aromatic N) is 2. The van der Waals surface area contributed by atoms with Crippen LogP contribution >= 0.6 is 23.4 Å². The molecule has 1 heterocycles. The Hall–Kier alpha value is -3.04. The zero-order valence-corrected chi connectivity index (χ0v) is 17.7. The Bertz CT molecular complexity index is 1040. The summed E-state index contributed by atoms with van der Waals surface area (Å²) in [6.45, 7) is 0. The molecule has 10 heteroatoms. The molecule has 0 saturated carbocycles. The number of aromatic carboxylic acids is 1. The highest BCUT2D eigenvalue weighted by Crippen LogP contribution is 2.32. The summed E-state index contributed by atoms with van der Waals surface area (Å²) in [5.74, 6) is -1.26. The van der Waals surface area contributed by atoms with Crippen molar-refractivity contribution in [3.63, 3.8) is 0 Å². The van der Waals surface area contributed by atoms with Crippen molar-refractivity contribution in [3.05, 3.63) is 53.1 Å². The molecule has 2 aromatic rings. The first-order valence-electron chi connectivity index (χ1n) is 8.78. The lowest BCUT2D eigenvalue weighted by Gasteiger charge is -2.28. The number of ether oxygens (including phenoxy) is 1. The molecule has 2 aromatic carbocycles. The standard InChI is InChI=1S/C20H18ClN3O5S/c1-24-17(25)10-16(18(26)22-12-5-3-4-11(8-12)19(27)28)30-20(24)23-13-6-7-15(29-2)14(21)9-13/h3-9,16H,10H2,1-2H3,(H,22,26)(H,27,28). The van der Waals surface area contributed by atoms with E-state index in [1.807, 2.05) is 0 Å². The number of aliphatic imine (C=N–C) groups is 1. The van der Waals surface area contributed by atoms with Gasteiger partial charge in [-0.05, 0) is 36.4 Å². The lowest BCUT2D eigenvalue weighted by molar-refractivity contribution is -0.128. The Morgan fingerprint density at radius 3 is 2.73 bits per heavy atom. The minimum absolute atomic E-state index is 0.00594. The smallest absolute Gasteiger partial charge is 0.335 e. The highest BCUT2D eigenvalue weighted by atomic mass is 35.5. The van der Waals surface area contributed by atoms with Crippen LogP contribution in [0.1, 0.15) is 16.8 Å². The molecule has 0 aliphatic carbocycles. The zero-order chi connectivity index (χ0) is 21.8. The summed E-state index contributed by atoms with van der Waals surface area (Å²) < 4.78 is 5.12. The van der Waals surface area contributed by atoms with Gasteiger partial charge in [0, 0.05) is 19.2 Å². The molecular weight excluding hydrogens is 430 g/mol. The van der Waals surface area contributed by atoms with E-state index in [1.165, 1.54) is 30.2 Å². The summed E-state index contributed by atoms with van der Waals surface area (Å²) in [5.41, 5.74) is 0.906. The first-order chi connectivity index (χ1) is 14.3. The van der Waals surface area contributed by atoms with Crippen molar-refractivity contribution in [2.45, 2.75) is 11.7 Å². The number of hydrogen-bond acceptors (Lipinski definition) is 6. The zero-order valence-electron chi connectivity index (χ0n) is 16.1. The van der Waals surface area contributed by atoms with Crippen LogP contribution in [0.5, 0.6) is 5.75 Å². The molecular formula is C20H18ClN3O5S. The van der Waals surface area contributed by atoms with Crippen molar-refractivity contribution in [2.24, 2.45) is 4.99 Å². The Labute approximate surface area is 181 Å². The van der Waals surface area contributed by atoms with E-state index in [-0.39, 0.29) is 17.9 Å². The molecule has 0 radical (unpaired) electrons. The molecule has 156 valence electrons. The van der Waals surface area contributed by atoms with Crippen LogP contribution < -0.4 is 10.1 Å². The Kier molecular flexibility index (Phi) is 6.63. The lowest BCUT2D eigenvalue weighted by Crippen LogP contribution is -2.43. The van der Waals surface area contributed by atoms with E-state index in [0.29, 0.717) is 27.3 Å². The van der Waals surface area contributed by atoms with Crippen molar-refractivity contribution < 1.29 is 24.2 Å². The number of amides is 2. The third-order valence-corrected chi connectivity index (χ3v) is 5.83. The Morgan fingerprint density at radius 1 is 1.30 bits per heavy atom. The number of nitrogens with one attached hydrogen (secondary N) is 1. The molecule has 1 saturated heterocycles. The van der Waals surface area contributed by atoms with Gasteiger partial charge in [-0.2, -0.15) is 0 Å². The third-order valence-electron chi connectivity index (χ3n) is 4.30. The average Bonchev–Trinajstić information content (AvgIpc) is 2.71. The molecule has 0 bridgehead atoms. The largest absolute Gasteiger partial charge is 0.495 e. The predicted octanol–water partition coefficient (Wildman–Crippen LogP) is 3.64. The van der Waals surface area contributed by atoms with Crippen LogP contribution in [-0.2, 0) is 9.59 Å². The second-order valence-corrected chi connectivity index (χ2v) is 7.93. The fourth-order valence-corrected chi connectivity index (χ4v) is 4.00. The van der Waals surface area contributed by atoms with Gasteiger partial charge in [-0.15, -0.1) is 0 Å². The summed E-state index contributed by atoms with van der Waals surface area (Å²) in [6, 6.07) is 10.9. The number of hydrogen-bond donors (Lipinski definition) is 2. The number of carboxylic acid groups (broad SMARTS) is 1. The first kappa shape index (κ1) is 21.7. The van der Waals surface area contributed by atoms with Gasteiger partial charge in [0.05, 0.1) is 23.4 Å². The second kappa shape index (κ2) is 9.19. The number of benzene rings is 2. The van der Waals surface area contributed by atoms with Crippen LogP contribution in [-0.4, -0.2) is 52.4 Å². The molecule has 1 atom stereocenters. The summed E-state index contributed by atoms with van der Waals surface area (Å²) in [6.07, 6.45) is -0.00594. The van der Waals surface area contributed by atoms with Crippen LogP contribution in [0.4, 0.5) is 11.4 Å². The van der Waals surface area contributed by atoms with Crippen LogP contribution in [0.2, 0.25) is 5.02 Å². The van der Waals surface area contributed by atoms with Crippen molar-refractivity contribution in [1.82, 2.24) is 4.90 Å². The molecule has 1 aliphatic heterocycles. The number of carboxylic acids is 1. The number of carbonyl (C=O) groups excluding carboxylic acids is 2. The van der Waals surface area contributed by atoms with E-state index in [1.54, 1.807) is 31.3 Å². The number of rotatable bonds is 5. The lowest BCUT2D eigenvalue weighted by atomic mass is 10.2. The maximum Gasteiger partial charge on any atom is 0.335 e. The van der Waals surface area contributed by atoms with Gasteiger partial charge in [-0.1, -0.05) is 29.4 Å². The summed E-state index contributed by atoms with van der Waals surface area (Å²) in [5, 5.41) is 11.8. The number of anilines is 1. The molecule has 1 aliphatic rings.